The van der Waals surface area contributed by atoms with Crippen LogP contribution in [0.1, 0.15) is 99.9 Å². The first kappa shape index (κ1) is 25.0. The first-order valence-corrected chi connectivity index (χ1v) is 14.3. The largest absolute Gasteiger partial charge is 0.257 e. The van der Waals surface area contributed by atoms with Crippen molar-refractivity contribution in [2.45, 2.75) is 91.9 Å². The Labute approximate surface area is 202 Å². The molecule has 3 rings (SSSR count). The molecule has 0 saturated carbocycles. The molecule has 2 unspecified atom stereocenters. The van der Waals surface area contributed by atoms with Crippen LogP contribution in [0.15, 0.2) is 33.1 Å². The van der Waals surface area contributed by atoms with Gasteiger partial charge in [-0.05, 0) is 58.7 Å². The molecule has 0 aromatic carbocycles. The lowest BCUT2D eigenvalue weighted by molar-refractivity contribution is 0.449. The molecule has 6 heteroatoms. The minimum Gasteiger partial charge on any atom is -0.257 e. The number of hydrogen-bond donors (Lipinski definition) is 2. The molecular weight excluding hydrogens is 432 g/mol. The van der Waals surface area contributed by atoms with Gasteiger partial charge in [0.25, 0.3) is 0 Å². The van der Waals surface area contributed by atoms with Crippen molar-refractivity contribution in [1.82, 2.24) is 10.9 Å². The smallest absolute Gasteiger partial charge is 0.183 e. The zero-order valence-corrected chi connectivity index (χ0v) is 21.9. The molecule has 0 radical (unpaired) electrons. The van der Waals surface area contributed by atoms with Gasteiger partial charge in [-0.3, -0.25) is 10.9 Å². The predicted molar refractivity (Wildman–Crippen MR) is 142 cm³/mol. The Kier molecular flexibility index (Phi) is 10.3. The average molecular weight is 473 g/mol. The van der Waals surface area contributed by atoms with Gasteiger partial charge in [-0.1, -0.05) is 79.1 Å². The molecule has 3 heterocycles. The SMILES string of the molecule is CCCCC(CC)Cc1csc(C2=NNC(c3cc(CC(CC)CCCC)cs3)=NN2)c1. The number of hydrogen-bond acceptors (Lipinski definition) is 6. The Morgan fingerprint density at radius 2 is 1.16 bits per heavy atom. The maximum absolute atomic E-state index is 4.59. The first-order chi connectivity index (χ1) is 15.7. The van der Waals surface area contributed by atoms with E-state index in [1.54, 1.807) is 22.7 Å². The van der Waals surface area contributed by atoms with Crippen LogP contribution in [0.25, 0.3) is 0 Å². The molecule has 0 saturated heterocycles. The van der Waals surface area contributed by atoms with Crippen molar-refractivity contribution in [1.29, 1.82) is 0 Å². The number of unbranched alkanes of at least 4 members (excludes halogenated alkanes) is 2. The van der Waals surface area contributed by atoms with Gasteiger partial charge in [0.05, 0.1) is 9.75 Å². The highest BCUT2D eigenvalue weighted by Gasteiger charge is 2.17. The fourth-order valence-corrected chi connectivity index (χ4v) is 5.98. The van der Waals surface area contributed by atoms with E-state index in [1.807, 2.05) is 0 Å². The maximum Gasteiger partial charge on any atom is 0.183 e. The van der Waals surface area contributed by atoms with Crippen molar-refractivity contribution in [3.05, 3.63) is 43.8 Å². The van der Waals surface area contributed by atoms with Crippen LogP contribution in [-0.2, 0) is 12.8 Å². The molecule has 0 fully saturated rings. The predicted octanol–water partition coefficient (Wildman–Crippen LogP) is 7.54. The van der Waals surface area contributed by atoms with Gasteiger partial charge in [-0.2, -0.15) is 10.2 Å². The second-order valence-corrected chi connectivity index (χ2v) is 10.8. The summed E-state index contributed by atoms with van der Waals surface area (Å²) in [7, 11) is 0. The molecular formula is C26H40N4S2. The molecule has 0 bridgehead atoms. The highest BCUT2D eigenvalue weighted by molar-refractivity contribution is 7.12. The Morgan fingerprint density at radius 3 is 1.50 bits per heavy atom. The summed E-state index contributed by atoms with van der Waals surface area (Å²) < 4.78 is 0. The van der Waals surface area contributed by atoms with Crippen LogP contribution in [0.4, 0.5) is 0 Å². The van der Waals surface area contributed by atoms with E-state index < -0.39 is 0 Å². The molecule has 4 nitrogen and oxygen atoms in total. The summed E-state index contributed by atoms with van der Waals surface area (Å²) in [4.78, 5) is 2.29. The van der Waals surface area contributed by atoms with Gasteiger partial charge in [-0.25, -0.2) is 0 Å². The van der Waals surface area contributed by atoms with Crippen molar-refractivity contribution in [3.8, 4) is 0 Å². The molecule has 2 aromatic heterocycles. The summed E-state index contributed by atoms with van der Waals surface area (Å²) in [5, 5.41) is 13.7. The summed E-state index contributed by atoms with van der Waals surface area (Å²) in [6, 6.07) is 4.55. The van der Waals surface area contributed by atoms with Crippen molar-refractivity contribution in [3.63, 3.8) is 0 Å². The summed E-state index contributed by atoms with van der Waals surface area (Å²) >= 11 is 3.50. The summed E-state index contributed by atoms with van der Waals surface area (Å²) in [5.41, 5.74) is 9.20. The molecule has 0 amide bonds. The third-order valence-electron chi connectivity index (χ3n) is 6.46. The lowest BCUT2D eigenvalue weighted by Gasteiger charge is -2.14. The highest BCUT2D eigenvalue weighted by Crippen LogP contribution is 2.25. The number of rotatable bonds is 14. The zero-order valence-electron chi connectivity index (χ0n) is 20.2. The Morgan fingerprint density at radius 1 is 0.719 bits per heavy atom. The van der Waals surface area contributed by atoms with Crippen LogP contribution in [0, 0.1) is 11.8 Å². The van der Waals surface area contributed by atoms with Crippen molar-refractivity contribution in [2.75, 3.05) is 0 Å². The van der Waals surface area contributed by atoms with E-state index in [0.29, 0.717) is 0 Å². The fourth-order valence-electron chi connectivity index (χ4n) is 4.26. The molecule has 2 N–H and O–H groups in total. The van der Waals surface area contributed by atoms with Crippen molar-refractivity contribution < 1.29 is 0 Å². The molecule has 0 aliphatic carbocycles. The minimum atomic E-state index is 0.781. The van der Waals surface area contributed by atoms with Gasteiger partial charge in [-0.15, -0.1) is 22.7 Å². The number of amidine groups is 2. The van der Waals surface area contributed by atoms with Gasteiger partial charge < -0.3 is 0 Å². The summed E-state index contributed by atoms with van der Waals surface area (Å²) in [6.45, 7) is 9.17. The fraction of sp³-hybridized carbons (Fsp3) is 0.615. The second-order valence-electron chi connectivity index (χ2n) is 9.02. The summed E-state index contributed by atoms with van der Waals surface area (Å²) in [6.07, 6.45) is 12.7. The van der Waals surface area contributed by atoms with E-state index in [2.05, 4.69) is 71.6 Å². The van der Waals surface area contributed by atoms with Gasteiger partial charge in [0.1, 0.15) is 0 Å². The van der Waals surface area contributed by atoms with Crippen LogP contribution in [0.3, 0.4) is 0 Å². The Hall–Kier alpha value is -1.66. The van der Waals surface area contributed by atoms with E-state index in [1.165, 1.54) is 62.5 Å². The van der Waals surface area contributed by atoms with Crippen LogP contribution in [-0.4, -0.2) is 11.7 Å². The van der Waals surface area contributed by atoms with Gasteiger partial charge in [0.2, 0.25) is 0 Å². The van der Waals surface area contributed by atoms with E-state index in [0.717, 1.165) is 46.1 Å². The quantitative estimate of drug-likeness (QED) is 0.298. The van der Waals surface area contributed by atoms with E-state index >= 15 is 0 Å². The van der Waals surface area contributed by atoms with E-state index in [9.17, 15) is 0 Å². The third-order valence-corrected chi connectivity index (χ3v) is 8.43. The molecule has 2 aromatic rings. The van der Waals surface area contributed by atoms with Gasteiger partial charge >= 0.3 is 0 Å². The Bertz CT molecular complexity index is 808. The molecule has 176 valence electrons. The minimum absolute atomic E-state index is 0.781. The maximum atomic E-state index is 4.59. The van der Waals surface area contributed by atoms with Crippen LogP contribution < -0.4 is 10.9 Å². The molecule has 32 heavy (non-hydrogen) atoms. The average Bonchev–Trinajstić information content (AvgIpc) is 3.49. The number of thiophene rings is 2. The summed E-state index contributed by atoms with van der Waals surface area (Å²) in [5.74, 6) is 3.19. The molecule has 1 aliphatic rings. The molecule has 0 spiro atoms. The topological polar surface area (TPSA) is 48.8 Å². The second kappa shape index (κ2) is 13.1. The van der Waals surface area contributed by atoms with Crippen LogP contribution in [0.2, 0.25) is 0 Å². The standard InChI is InChI=1S/C26H40N4S2/c1-5-9-11-19(7-3)13-21-15-23(31-17-21)25-27-29-26(30-28-25)24-16-22(18-32-24)14-20(8-4)12-10-6-2/h15-20H,5-14H2,1-4H3,(H,27,28)(H,29,30). The highest BCUT2D eigenvalue weighted by atomic mass is 32.1. The monoisotopic (exact) mass is 472 g/mol. The molecule has 2 atom stereocenters. The van der Waals surface area contributed by atoms with Crippen molar-refractivity contribution >= 4 is 34.3 Å². The first-order valence-electron chi connectivity index (χ1n) is 12.5. The third kappa shape index (κ3) is 7.17. The van der Waals surface area contributed by atoms with Gasteiger partial charge in [0, 0.05) is 0 Å². The van der Waals surface area contributed by atoms with Gasteiger partial charge in [0.15, 0.2) is 11.7 Å². The number of hydrazone groups is 2. The normalized spacial score (nSPS) is 15.5. The lowest BCUT2D eigenvalue weighted by Crippen LogP contribution is -2.33. The van der Waals surface area contributed by atoms with Crippen LogP contribution >= 0.6 is 22.7 Å². The number of nitrogens with one attached hydrogen (secondary N) is 2. The van der Waals surface area contributed by atoms with Crippen LogP contribution in [0.5, 0.6) is 0 Å². The molecule has 1 aliphatic heterocycles. The lowest BCUT2D eigenvalue weighted by atomic mass is 9.93. The van der Waals surface area contributed by atoms with E-state index in [-0.39, 0.29) is 0 Å². The van der Waals surface area contributed by atoms with Crippen molar-refractivity contribution in [2.24, 2.45) is 22.0 Å². The zero-order chi connectivity index (χ0) is 22.8. The number of nitrogens with zero attached hydrogens (tertiary/aromatic N) is 2. The Balaban J connectivity index is 1.55. The van der Waals surface area contributed by atoms with E-state index in [4.69, 9.17) is 0 Å².